The average Bonchev–Trinajstić information content (AvgIpc) is 2.84. The van der Waals surface area contributed by atoms with Crippen molar-refractivity contribution in [1.29, 1.82) is 0 Å². The molecule has 0 aromatic rings. The number of fused-ring (bicyclic) bond motifs is 5. The summed E-state index contributed by atoms with van der Waals surface area (Å²) in [6.07, 6.45) is 8.88. The molecule has 134 valence electrons. The highest BCUT2D eigenvalue weighted by Crippen LogP contribution is 2.63. The first-order valence-corrected chi connectivity index (χ1v) is 9.62. The smallest absolute Gasteiger partial charge is 0.312 e. The Morgan fingerprint density at radius 3 is 2.54 bits per heavy atom. The number of hydrogen-bond acceptors (Lipinski definition) is 3. The van der Waals surface area contributed by atoms with Crippen LogP contribution in [0.1, 0.15) is 65.7 Å². The molecule has 1 saturated heterocycles. The Labute approximate surface area is 146 Å². The Kier molecular flexibility index (Phi) is 4.65. The lowest BCUT2D eigenvalue weighted by Crippen LogP contribution is -2.54. The van der Waals surface area contributed by atoms with Crippen LogP contribution in [0.15, 0.2) is 12.7 Å². The maximum Gasteiger partial charge on any atom is 0.312 e. The fourth-order valence-corrected chi connectivity index (χ4v) is 6.26. The van der Waals surface area contributed by atoms with E-state index in [4.69, 9.17) is 4.74 Å². The molecule has 3 saturated carbocycles. The number of esters is 1. The minimum Gasteiger partial charge on any atom is -0.465 e. The molecule has 4 aliphatic rings. The summed E-state index contributed by atoms with van der Waals surface area (Å²) in [6, 6.07) is 0. The van der Waals surface area contributed by atoms with Crippen LogP contribution in [0, 0.1) is 34.5 Å². The molecule has 1 heterocycles. The molecule has 6 atom stereocenters. The highest BCUT2D eigenvalue weighted by Gasteiger charge is 2.61. The quantitative estimate of drug-likeness (QED) is 0.483. The Hall–Kier alpha value is -1.12. The van der Waals surface area contributed by atoms with Gasteiger partial charge in [-0.15, -0.1) is 6.58 Å². The molecule has 0 N–H and O–H groups in total. The van der Waals surface area contributed by atoms with Crippen molar-refractivity contribution in [3.05, 3.63) is 12.7 Å². The number of hydrogen-bond donors (Lipinski definition) is 0. The van der Waals surface area contributed by atoms with E-state index >= 15 is 0 Å². The number of rotatable bonds is 0. The lowest BCUT2D eigenvalue weighted by molar-refractivity contribution is -0.151. The first kappa shape index (κ1) is 17.7. The fourth-order valence-electron chi connectivity index (χ4n) is 6.26. The molecular formula is C21H32O3. The SMILES string of the molecule is C=CC.CC12CCC3C(CC[C@@H]4CC(=O)CCC34C)C1COC2=O. The maximum absolute atomic E-state index is 12.1. The molecule has 0 amide bonds. The van der Waals surface area contributed by atoms with E-state index in [9.17, 15) is 9.59 Å². The molecule has 0 bridgehead atoms. The molecular weight excluding hydrogens is 300 g/mol. The van der Waals surface area contributed by atoms with Crippen LogP contribution in [-0.2, 0) is 14.3 Å². The third-order valence-corrected chi connectivity index (χ3v) is 7.73. The van der Waals surface area contributed by atoms with Crippen LogP contribution < -0.4 is 0 Å². The van der Waals surface area contributed by atoms with Gasteiger partial charge in [-0.05, 0) is 69.1 Å². The molecule has 1 aliphatic heterocycles. The van der Waals surface area contributed by atoms with Gasteiger partial charge in [-0.3, -0.25) is 9.59 Å². The monoisotopic (exact) mass is 332 g/mol. The first-order valence-electron chi connectivity index (χ1n) is 9.62. The van der Waals surface area contributed by atoms with Crippen LogP contribution in [0.4, 0.5) is 0 Å². The summed E-state index contributed by atoms with van der Waals surface area (Å²) < 4.78 is 5.44. The molecule has 3 heteroatoms. The second-order valence-corrected chi connectivity index (χ2v) is 8.86. The van der Waals surface area contributed by atoms with Gasteiger partial charge in [-0.25, -0.2) is 0 Å². The second-order valence-electron chi connectivity index (χ2n) is 8.86. The van der Waals surface area contributed by atoms with Crippen LogP contribution in [0.3, 0.4) is 0 Å². The van der Waals surface area contributed by atoms with Gasteiger partial charge >= 0.3 is 5.97 Å². The van der Waals surface area contributed by atoms with Crippen LogP contribution in [0.5, 0.6) is 0 Å². The Morgan fingerprint density at radius 1 is 1.12 bits per heavy atom. The van der Waals surface area contributed by atoms with E-state index in [0.29, 0.717) is 41.5 Å². The Balaban J connectivity index is 0.000000526. The number of ketones is 1. The van der Waals surface area contributed by atoms with Crippen molar-refractivity contribution in [2.75, 3.05) is 6.61 Å². The molecule has 4 rings (SSSR count). The van der Waals surface area contributed by atoms with Crippen LogP contribution in [0.2, 0.25) is 0 Å². The van der Waals surface area contributed by atoms with Crippen molar-refractivity contribution in [2.24, 2.45) is 34.5 Å². The van der Waals surface area contributed by atoms with Crippen LogP contribution in [-0.4, -0.2) is 18.4 Å². The van der Waals surface area contributed by atoms with E-state index in [1.807, 2.05) is 6.92 Å². The molecule has 5 unspecified atom stereocenters. The normalized spacial score (nSPS) is 46.6. The number of carbonyl (C=O) groups excluding carboxylic acids is 2. The summed E-state index contributed by atoms with van der Waals surface area (Å²) in [5.74, 6) is 2.83. The highest BCUT2D eigenvalue weighted by molar-refractivity contribution is 5.80. The molecule has 0 radical (unpaired) electrons. The minimum atomic E-state index is -0.227. The predicted molar refractivity (Wildman–Crippen MR) is 94.3 cm³/mol. The number of carbonyl (C=O) groups is 2. The molecule has 0 spiro atoms. The lowest BCUT2D eigenvalue weighted by Gasteiger charge is -2.58. The predicted octanol–water partition coefficient (Wildman–Crippen LogP) is 4.55. The number of allylic oxidation sites excluding steroid dienone is 1. The molecule has 3 nitrogen and oxygen atoms in total. The number of ether oxygens (including phenoxy) is 1. The van der Waals surface area contributed by atoms with Gasteiger partial charge in [0.25, 0.3) is 0 Å². The van der Waals surface area contributed by atoms with E-state index in [1.54, 1.807) is 6.08 Å². The molecule has 24 heavy (non-hydrogen) atoms. The van der Waals surface area contributed by atoms with Crippen LogP contribution in [0.25, 0.3) is 0 Å². The minimum absolute atomic E-state index is 0.0389. The fraction of sp³-hybridized carbons (Fsp3) is 0.810. The third-order valence-electron chi connectivity index (χ3n) is 7.73. The van der Waals surface area contributed by atoms with E-state index in [2.05, 4.69) is 20.4 Å². The zero-order valence-electron chi connectivity index (χ0n) is 15.5. The van der Waals surface area contributed by atoms with Crippen molar-refractivity contribution in [3.8, 4) is 0 Å². The zero-order valence-corrected chi connectivity index (χ0v) is 15.5. The van der Waals surface area contributed by atoms with Gasteiger partial charge in [0.15, 0.2) is 0 Å². The van der Waals surface area contributed by atoms with Crippen molar-refractivity contribution in [2.45, 2.75) is 65.7 Å². The van der Waals surface area contributed by atoms with Gasteiger partial charge in [-0.2, -0.15) is 0 Å². The summed E-state index contributed by atoms with van der Waals surface area (Å²) >= 11 is 0. The number of Topliss-reactive ketones (excluding diaryl/α,β-unsaturated/α-hetero) is 1. The molecule has 4 fully saturated rings. The Morgan fingerprint density at radius 2 is 1.83 bits per heavy atom. The third kappa shape index (κ3) is 2.55. The van der Waals surface area contributed by atoms with Gasteiger partial charge in [0, 0.05) is 18.8 Å². The van der Waals surface area contributed by atoms with Crippen molar-refractivity contribution in [1.82, 2.24) is 0 Å². The molecule has 3 aliphatic carbocycles. The van der Waals surface area contributed by atoms with Gasteiger partial charge in [0.2, 0.25) is 0 Å². The van der Waals surface area contributed by atoms with Crippen molar-refractivity contribution in [3.63, 3.8) is 0 Å². The zero-order chi connectivity index (χ0) is 17.5. The first-order chi connectivity index (χ1) is 11.4. The maximum atomic E-state index is 12.1. The molecule has 0 aromatic carbocycles. The van der Waals surface area contributed by atoms with E-state index in [0.717, 1.165) is 32.1 Å². The summed E-state index contributed by atoms with van der Waals surface area (Å²) in [5.41, 5.74) is 0.0959. The van der Waals surface area contributed by atoms with Gasteiger partial charge in [0.1, 0.15) is 5.78 Å². The van der Waals surface area contributed by atoms with Crippen molar-refractivity contribution < 1.29 is 14.3 Å². The van der Waals surface area contributed by atoms with Crippen LogP contribution >= 0.6 is 0 Å². The topological polar surface area (TPSA) is 43.4 Å². The standard InChI is InChI=1S/C18H26O3.C3H6/c1-17-7-5-12(19)9-11(17)3-4-13-14(17)6-8-18(2)15(13)10-21-16(18)20;1-3-2/h11,13-15H,3-10H2,1-2H3;3H,1H2,2H3/t11-,13?,14?,15?,17?,18?;/m1./s1. The van der Waals surface area contributed by atoms with Crippen molar-refractivity contribution >= 4 is 11.8 Å². The van der Waals surface area contributed by atoms with E-state index < -0.39 is 0 Å². The lowest BCUT2D eigenvalue weighted by atomic mass is 9.45. The largest absolute Gasteiger partial charge is 0.465 e. The summed E-state index contributed by atoms with van der Waals surface area (Å²) in [7, 11) is 0. The highest BCUT2D eigenvalue weighted by atomic mass is 16.5. The summed E-state index contributed by atoms with van der Waals surface area (Å²) in [4.78, 5) is 24.0. The van der Waals surface area contributed by atoms with Gasteiger partial charge in [-0.1, -0.05) is 13.0 Å². The summed E-state index contributed by atoms with van der Waals surface area (Å²) in [6.45, 7) is 10.4. The second kappa shape index (κ2) is 6.31. The van der Waals surface area contributed by atoms with E-state index in [1.165, 1.54) is 12.8 Å². The Bertz CT molecular complexity index is 539. The number of cyclic esters (lactones) is 1. The average molecular weight is 332 g/mol. The van der Waals surface area contributed by atoms with E-state index in [-0.39, 0.29) is 11.4 Å². The summed E-state index contributed by atoms with van der Waals surface area (Å²) in [5, 5.41) is 0. The van der Waals surface area contributed by atoms with Gasteiger partial charge in [0.05, 0.1) is 12.0 Å². The molecule has 0 aromatic heterocycles. The van der Waals surface area contributed by atoms with Gasteiger partial charge < -0.3 is 4.74 Å².